The van der Waals surface area contributed by atoms with Gasteiger partial charge in [0.05, 0.1) is 6.54 Å². The lowest BCUT2D eigenvalue weighted by atomic mass is 10.2. The first kappa shape index (κ1) is 15.5. The predicted octanol–water partition coefficient (Wildman–Crippen LogP) is 1.61. The number of pyridine rings is 1. The maximum absolute atomic E-state index is 5.39. The third-order valence-corrected chi connectivity index (χ3v) is 5.09. The SMILES string of the molecule is CS[C@@H]1CN(Cc2nc(-c3cccnc3)no2)C[C@H]1N(C)C. The molecule has 0 aliphatic carbocycles. The van der Waals surface area contributed by atoms with Gasteiger partial charge in [0.2, 0.25) is 11.7 Å². The second-order valence-electron chi connectivity index (χ2n) is 5.75. The standard InChI is InChI=1S/C15H21N5OS/c1-19(2)12-8-20(9-13(12)22-3)10-14-17-15(18-21-14)11-5-4-6-16-7-11/h4-7,12-13H,8-10H2,1-3H3/t12-,13-/m1/s1. The van der Waals surface area contributed by atoms with Crippen LogP contribution < -0.4 is 0 Å². The van der Waals surface area contributed by atoms with Gasteiger partial charge >= 0.3 is 0 Å². The molecule has 6 nitrogen and oxygen atoms in total. The lowest BCUT2D eigenvalue weighted by molar-refractivity contribution is 0.238. The third kappa shape index (κ3) is 3.31. The average Bonchev–Trinajstić information content (AvgIpc) is 3.15. The van der Waals surface area contributed by atoms with Crippen LogP contribution in [0.1, 0.15) is 5.89 Å². The van der Waals surface area contributed by atoms with E-state index in [0.717, 1.165) is 18.7 Å². The number of thioether (sulfide) groups is 1. The molecule has 1 fully saturated rings. The van der Waals surface area contributed by atoms with E-state index in [1.165, 1.54) is 0 Å². The van der Waals surface area contributed by atoms with Crippen LogP contribution >= 0.6 is 11.8 Å². The van der Waals surface area contributed by atoms with Crippen LogP contribution in [-0.2, 0) is 6.54 Å². The van der Waals surface area contributed by atoms with Gasteiger partial charge in [-0.1, -0.05) is 5.16 Å². The van der Waals surface area contributed by atoms with Gasteiger partial charge in [-0.3, -0.25) is 9.88 Å². The van der Waals surface area contributed by atoms with Gasteiger partial charge in [-0.2, -0.15) is 16.7 Å². The first-order chi connectivity index (χ1) is 10.7. The molecule has 0 radical (unpaired) electrons. The number of hydrogen-bond acceptors (Lipinski definition) is 7. The summed E-state index contributed by atoms with van der Waals surface area (Å²) in [5.74, 6) is 1.27. The topological polar surface area (TPSA) is 58.3 Å². The molecule has 22 heavy (non-hydrogen) atoms. The van der Waals surface area contributed by atoms with E-state index in [1.54, 1.807) is 12.4 Å². The fourth-order valence-electron chi connectivity index (χ4n) is 2.81. The van der Waals surface area contributed by atoms with Gasteiger partial charge in [-0.25, -0.2) is 0 Å². The number of likely N-dealkylation sites (tertiary alicyclic amines) is 1. The Kier molecular flexibility index (Phi) is 4.75. The van der Waals surface area contributed by atoms with E-state index in [0.29, 0.717) is 29.6 Å². The number of rotatable bonds is 5. The summed E-state index contributed by atoms with van der Waals surface area (Å²) in [5.41, 5.74) is 0.882. The molecule has 0 N–H and O–H groups in total. The summed E-state index contributed by atoms with van der Waals surface area (Å²) in [7, 11) is 4.29. The molecule has 1 aliphatic rings. The van der Waals surface area contributed by atoms with Crippen molar-refractivity contribution >= 4 is 11.8 Å². The lowest BCUT2D eigenvalue weighted by Gasteiger charge is -2.23. The zero-order chi connectivity index (χ0) is 15.5. The largest absolute Gasteiger partial charge is 0.338 e. The molecule has 0 aromatic carbocycles. The van der Waals surface area contributed by atoms with Crippen molar-refractivity contribution in [3.63, 3.8) is 0 Å². The van der Waals surface area contributed by atoms with Crippen molar-refractivity contribution in [3.05, 3.63) is 30.4 Å². The quantitative estimate of drug-likeness (QED) is 0.830. The van der Waals surface area contributed by atoms with Crippen molar-refractivity contribution in [3.8, 4) is 11.4 Å². The maximum Gasteiger partial charge on any atom is 0.241 e. The number of likely N-dealkylation sites (N-methyl/N-ethyl adjacent to an activating group) is 1. The lowest BCUT2D eigenvalue weighted by Crippen LogP contribution is -2.36. The van der Waals surface area contributed by atoms with Crippen LogP contribution in [0.25, 0.3) is 11.4 Å². The molecule has 2 aromatic heterocycles. The first-order valence-corrected chi connectivity index (χ1v) is 8.60. The summed E-state index contributed by atoms with van der Waals surface area (Å²) < 4.78 is 5.39. The van der Waals surface area contributed by atoms with Gasteiger partial charge in [0.1, 0.15) is 0 Å². The highest BCUT2D eigenvalue weighted by molar-refractivity contribution is 7.99. The van der Waals surface area contributed by atoms with Crippen LogP contribution in [-0.4, -0.2) is 69.7 Å². The van der Waals surface area contributed by atoms with Gasteiger partial charge < -0.3 is 9.42 Å². The molecular weight excluding hydrogens is 298 g/mol. The molecule has 0 saturated carbocycles. The summed E-state index contributed by atoms with van der Waals surface area (Å²) in [5, 5.41) is 4.67. The Labute approximate surface area is 134 Å². The molecule has 7 heteroatoms. The summed E-state index contributed by atoms with van der Waals surface area (Å²) in [6.07, 6.45) is 5.66. The number of aromatic nitrogens is 3. The Bertz CT molecular complexity index is 603. The highest BCUT2D eigenvalue weighted by atomic mass is 32.2. The molecule has 0 bridgehead atoms. The average molecular weight is 319 g/mol. The molecule has 3 heterocycles. The molecule has 2 atom stereocenters. The van der Waals surface area contributed by atoms with Crippen LogP contribution in [0.15, 0.2) is 29.0 Å². The summed E-state index contributed by atoms with van der Waals surface area (Å²) in [6.45, 7) is 2.78. The second-order valence-corrected chi connectivity index (χ2v) is 6.83. The van der Waals surface area contributed by atoms with Gasteiger partial charge in [-0.05, 0) is 32.5 Å². The molecule has 0 amide bonds. The van der Waals surface area contributed by atoms with E-state index in [9.17, 15) is 0 Å². The van der Waals surface area contributed by atoms with Crippen LogP contribution in [0.3, 0.4) is 0 Å². The fourth-order valence-corrected chi connectivity index (χ4v) is 3.82. The molecule has 0 spiro atoms. The Morgan fingerprint density at radius 2 is 2.27 bits per heavy atom. The van der Waals surface area contributed by atoms with E-state index < -0.39 is 0 Å². The maximum atomic E-state index is 5.39. The molecular formula is C15H21N5OS. The summed E-state index contributed by atoms with van der Waals surface area (Å²) in [6, 6.07) is 4.37. The van der Waals surface area contributed by atoms with Gasteiger partial charge in [-0.15, -0.1) is 0 Å². The smallest absolute Gasteiger partial charge is 0.241 e. The highest BCUT2D eigenvalue weighted by Gasteiger charge is 2.34. The Morgan fingerprint density at radius 1 is 1.41 bits per heavy atom. The minimum Gasteiger partial charge on any atom is -0.338 e. The summed E-state index contributed by atoms with van der Waals surface area (Å²) in [4.78, 5) is 13.3. The van der Waals surface area contributed by atoms with E-state index >= 15 is 0 Å². The van der Waals surface area contributed by atoms with Crippen molar-refractivity contribution < 1.29 is 4.52 Å². The monoisotopic (exact) mass is 319 g/mol. The van der Waals surface area contributed by atoms with Crippen molar-refractivity contribution in [2.75, 3.05) is 33.4 Å². The van der Waals surface area contributed by atoms with Crippen molar-refractivity contribution in [2.45, 2.75) is 17.8 Å². The van der Waals surface area contributed by atoms with Crippen molar-refractivity contribution in [1.29, 1.82) is 0 Å². The zero-order valence-corrected chi connectivity index (χ0v) is 14.0. The minimum atomic E-state index is 0.565. The summed E-state index contributed by atoms with van der Waals surface area (Å²) >= 11 is 1.93. The zero-order valence-electron chi connectivity index (χ0n) is 13.1. The third-order valence-electron chi connectivity index (χ3n) is 4.03. The van der Waals surface area contributed by atoms with E-state index in [4.69, 9.17) is 4.52 Å². The Morgan fingerprint density at radius 3 is 2.91 bits per heavy atom. The normalized spacial score (nSPS) is 22.5. The molecule has 1 aliphatic heterocycles. The second kappa shape index (κ2) is 6.76. The van der Waals surface area contributed by atoms with Gasteiger partial charge in [0.15, 0.2) is 0 Å². The molecule has 3 rings (SSSR count). The van der Waals surface area contributed by atoms with Crippen LogP contribution in [0.5, 0.6) is 0 Å². The van der Waals surface area contributed by atoms with E-state index in [1.807, 2.05) is 23.9 Å². The number of nitrogens with zero attached hydrogens (tertiary/aromatic N) is 5. The minimum absolute atomic E-state index is 0.565. The molecule has 0 unspecified atom stereocenters. The van der Waals surface area contributed by atoms with Crippen LogP contribution in [0.4, 0.5) is 0 Å². The van der Waals surface area contributed by atoms with E-state index in [-0.39, 0.29) is 0 Å². The van der Waals surface area contributed by atoms with Crippen LogP contribution in [0.2, 0.25) is 0 Å². The predicted molar refractivity (Wildman–Crippen MR) is 87.6 cm³/mol. The fraction of sp³-hybridized carbons (Fsp3) is 0.533. The highest BCUT2D eigenvalue weighted by Crippen LogP contribution is 2.25. The van der Waals surface area contributed by atoms with E-state index in [2.05, 4.69) is 45.3 Å². The van der Waals surface area contributed by atoms with Gasteiger partial charge in [0.25, 0.3) is 0 Å². The molecule has 2 aromatic rings. The molecule has 1 saturated heterocycles. The van der Waals surface area contributed by atoms with Gasteiger partial charge in [0, 0.05) is 42.3 Å². The number of hydrogen-bond donors (Lipinski definition) is 0. The Balaban J connectivity index is 1.66. The van der Waals surface area contributed by atoms with Crippen molar-refractivity contribution in [1.82, 2.24) is 24.9 Å². The van der Waals surface area contributed by atoms with Crippen molar-refractivity contribution in [2.24, 2.45) is 0 Å². The first-order valence-electron chi connectivity index (χ1n) is 7.32. The van der Waals surface area contributed by atoms with Crippen LogP contribution in [0, 0.1) is 0 Å². The Hall–Kier alpha value is -1.44. The molecule has 118 valence electrons.